The smallest absolute Gasteiger partial charge is 0.357 e. The molecular formula is C66H58Br13N6O23P. The number of nitrogens with one attached hydrogen (secondary N) is 3. The van der Waals surface area contributed by atoms with Crippen LogP contribution in [-0.4, -0.2) is 125 Å². The van der Waals surface area contributed by atoms with Crippen LogP contribution in [0.1, 0.15) is 236 Å². The zero-order valence-electron chi connectivity index (χ0n) is 55.8. The highest BCUT2D eigenvalue weighted by Gasteiger charge is 2.43. The second-order valence-corrected chi connectivity index (χ2v) is 45.3. The maximum absolute atomic E-state index is 13.4. The van der Waals surface area contributed by atoms with Gasteiger partial charge in [0.2, 0.25) is 0 Å². The first-order chi connectivity index (χ1) is 50.7. The number of carbonyl (C=O) groups excluding carboxylic acids is 10. The Hall–Kier alpha value is -4.95. The zero-order valence-corrected chi connectivity index (χ0v) is 77.3. The van der Waals surface area contributed by atoms with Gasteiger partial charge in [-0.3, -0.25) is 19.4 Å². The molecule has 0 saturated carbocycles. The Morgan fingerprint density at radius 2 is 0.661 bits per heavy atom. The van der Waals surface area contributed by atoms with Gasteiger partial charge in [0.25, 0.3) is 17.8 Å². The van der Waals surface area contributed by atoms with Crippen molar-refractivity contribution in [2.75, 3.05) is 19.6 Å². The summed E-state index contributed by atoms with van der Waals surface area (Å²) < 4.78 is 20.9. The number of ether oxygens (including phenoxy) is 4. The molecule has 0 radical (unpaired) electrons. The van der Waals surface area contributed by atoms with Crippen LogP contribution in [0.15, 0.2) is 74.4 Å². The Morgan fingerprint density at radius 1 is 0.413 bits per heavy atom. The van der Waals surface area contributed by atoms with Crippen molar-refractivity contribution in [3.63, 3.8) is 0 Å². The lowest BCUT2D eigenvalue weighted by atomic mass is 9.89. The van der Waals surface area contributed by atoms with E-state index in [1.165, 1.54) is 49.9 Å². The highest BCUT2D eigenvalue weighted by Crippen LogP contribution is 2.59. The molecule has 0 bridgehead atoms. The van der Waals surface area contributed by atoms with Gasteiger partial charge in [0.15, 0.2) is 0 Å². The second kappa shape index (κ2) is 44.1. The molecule has 4 aliphatic rings. The first-order valence-electron chi connectivity index (χ1n) is 31.1. The van der Waals surface area contributed by atoms with Crippen molar-refractivity contribution >= 4 is 320 Å². The fourth-order valence-electron chi connectivity index (χ4n) is 10.5. The summed E-state index contributed by atoms with van der Waals surface area (Å²) >= 11 is 40.9. The lowest BCUT2D eigenvalue weighted by Crippen LogP contribution is -2.42. The first kappa shape index (κ1) is 96.4. The second-order valence-electron chi connectivity index (χ2n) is 22.2. The average Bonchev–Trinajstić information content (AvgIpc) is 0.711. The fraction of sp³-hybridized carbons (Fsp3) is 0.303. The molecule has 8 N–H and O–H groups in total. The molecule has 2 amide bonds. The van der Waals surface area contributed by atoms with Crippen LogP contribution in [0.2, 0.25) is 0 Å². The molecule has 109 heavy (non-hydrogen) atoms. The molecule has 0 atom stereocenters. The number of H-pyrrole nitrogens is 1. The number of rotatable bonds is 18. The van der Waals surface area contributed by atoms with Crippen LogP contribution < -0.4 is 33.4 Å². The number of aliphatic carboxylic acids is 1. The van der Waals surface area contributed by atoms with E-state index in [1.54, 1.807) is 0 Å². The summed E-state index contributed by atoms with van der Waals surface area (Å²) in [5.74, 6) is -11.5. The van der Waals surface area contributed by atoms with Crippen molar-refractivity contribution in [1.82, 2.24) is 22.8 Å². The number of fused-ring (bicyclic) bond motifs is 1. The number of esters is 8. The number of unbranched alkanes of at least 4 members (excludes halogenated alkanes) is 9. The number of benzene rings is 6. The quantitative estimate of drug-likeness (QED) is 0.0138. The van der Waals surface area contributed by atoms with Crippen molar-refractivity contribution in [2.24, 2.45) is 5.73 Å². The number of hydrogen-bond acceptors (Lipinski definition) is 21. The highest BCUT2D eigenvalue weighted by molar-refractivity contribution is 9.93. The molecule has 5 heterocycles. The number of aromatic nitrogens is 3. The van der Waals surface area contributed by atoms with Crippen molar-refractivity contribution in [2.45, 2.75) is 112 Å². The topological polar surface area (TPSA) is 446 Å². The third-order valence-electron chi connectivity index (χ3n) is 15.1. The van der Waals surface area contributed by atoms with E-state index >= 15 is 0 Å². The van der Waals surface area contributed by atoms with E-state index in [-0.39, 0.29) is 146 Å². The third-order valence-corrected chi connectivity index (χ3v) is 24.8. The van der Waals surface area contributed by atoms with Crippen LogP contribution >= 0.6 is 210 Å². The molecule has 11 rings (SSSR count). The maximum atomic E-state index is 13.4. The monoisotopic (exact) mass is 2360 g/mol. The molecule has 4 aliphatic heterocycles. The first-order valence-corrected chi connectivity index (χ1v) is 46.3. The van der Waals surface area contributed by atoms with Gasteiger partial charge in [-0.25, -0.2) is 62.3 Å². The predicted molar refractivity (Wildman–Crippen MR) is 450 cm³/mol. The standard InChI is InChI=1S/C26H30Br4N2O6.C14Br4O6.C14H4O6.C6H15N.C3HBr2N3O3.C2H4O2.CH4.Br3P/c1-3-5-7-9-11-31-23(33)15-13-14(18(26(37)38)21(29)19(15)27)16(20(28)22(30)17(13)25(35)36)24(34)32-12-10-8-6-4-2;15-7-3-1-2-5(9(7)17)13(21)24-14(22)6(2)10(18)8(16)4(1)12(20)23-11(3)19;15-11-5-1-2-6-10-8(14(18)20-12(6)16)4-3-7(9(5)10)13(17)19-11;1-2-3-4-5-6-7;4-7-1(9)6-2(10)8(5)3(7)11;1-2(3)4;;1-4(2)3/h3-12H2,1-2H3,(H,31,33)(H,32,34)(H,35,36)(H,37,38);;1-4H;2-7H2,1H3;(H,6,9,10);1H3,(H,3,4);1H4;. The van der Waals surface area contributed by atoms with Crippen LogP contribution in [0.3, 0.4) is 0 Å². The van der Waals surface area contributed by atoms with Crippen LogP contribution in [0.4, 0.5) is 0 Å². The average molecular weight is 2370 g/mol. The summed E-state index contributed by atoms with van der Waals surface area (Å²) in [4.78, 5) is 191. The molecule has 0 spiro atoms. The van der Waals surface area contributed by atoms with E-state index in [0.717, 1.165) is 64.8 Å². The van der Waals surface area contributed by atoms with E-state index in [9.17, 15) is 82.1 Å². The fourth-order valence-corrected chi connectivity index (χ4v) is 15.7. The molecule has 0 aliphatic carbocycles. The predicted octanol–water partition coefficient (Wildman–Crippen LogP) is 18.5. The molecule has 29 nitrogen and oxygen atoms in total. The highest BCUT2D eigenvalue weighted by atomic mass is 80.0. The minimum absolute atomic E-state index is 0. The molecule has 0 unspecified atom stereocenters. The number of aromatic amines is 1. The summed E-state index contributed by atoms with van der Waals surface area (Å²) in [5.41, 5.74) is 2.85. The van der Waals surface area contributed by atoms with Crippen LogP contribution in [0, 0.1) is 0 Å². The van der Waals surface area contributed by atoms with Crippen molar-refractivity contribution in [1.29, 1.82) is 0 Å². The Balaban J connectivity index is 0.000000303. The van der Waals surface area contributed by atoms with Crippen LogP contribution in [-0.2, 0) is 23.7 Å². The van der Waals surface area contributed by atoms with E-state index in [1.807, 2.05) is 4.98 Å². The van der Waals surface area contributed by atoms with E-state index < -0.39 is 94.5 Å². The van der Waals surface area contributed by atoms with Gasteiger partial charge in [-0.1, -0.05) is 86.0 Å². The number of carbonyl (C=O) groups is 13. The number of carboxylic acid groups (broad SMARTS) is 3. The Bertz CT molecular complexity index is 4660. The molecule has 7 aromatic rings. The summed E-state index contributed by atoms with van der Waals surface area (Å²) in [5, 5.41) is 33.9. The van der Waals surface area contributed by atoms with E-state index in [0.29, 0.717) is 20.3 Å². The summed E-state index contributed by atoms with van der Waals surface area (Å²) in [6.07, 6.45) is 12.6. The number of cyclic esters (lactones) is 8. The van der Waals surface area contributed by atoms with Gasteiger partial charge in [0.05, 0.1) is 99.1 Å². The molecule has 0 saturated heterocycles. The van der Waals surface area contributed by atoms with Crippen molar-refractivity contribution < 1.29 is 96.6 Å². The van der Waals surface area contributed by atoms with Gasteiger partial charge < -0.3 is 50.6 Å². The minimum atomic E-state index is -1.39. The van der Waals surface area contributed by atoms with E-state index in [4.69, 9.17) is 25.1 Å². The largest absolute Gasteiger partial charge is 0.481 e. The number of nitrogens with two attached hydrogens (primary N) is 1. The van der Waals surface area contributed by atoms with Crippen molar-refractivity contribution in [3.8, 4) is 0 Å². The Morgan fingerprint density at radius 3 is 0.908 bits per heavy atom. The molecule has 43 heteroatoms. The number of halogens is 13. The van der Waals surface area contributed by atoms with Crippen LogP contribution in [0.25, 0.3) is 32.3 Å². The number of amides is 2. The van der Waals surface area contributed by atoms with Crippen molar-refractivity contribution in [3.05, 3.63) is 158 Å². The summed E-state index contributed by atoms with van der Waals surface area (Å²) in [6, 6.07) is 5.54. The summed E-state index contributed by atoms with van der Waals surface area (Å²) in [7, 11) is 0. The van der Waals surface area contributed by atoms with Gasteiger partial charge in [0, 0.05) is 88.1 Å². The molecule has 586 valence electrons. The Kier molecular flexibility index (Phi) is 39.0. The molecule has 6 aromatic carbocycles. The lowest BCUT2D eigenvalue weighted by Gasteiger charge is -2.25. The molecule has 0 fully saturated rings. The normalized spacial score (nSPS) is 12.4. The molecule has 1 aromatic heterocycles. The van der Waals surface area contributed by atoms with Gasteiger partial charge in [-0.15, -0.1) is 0 Å². The van der Waals surface area contributed by atoms with Gasteiger partial charge >= 0.3 is 76.8 Å². The minimum Gasteiger partial charge on any atom is -0.481 e. The van der Waals surface area contributed by atoms with E-state index in [2.05, 4.69) is 247 Å². The number of aromatic carboxylic acids is 2. The third kappa shape index (κ3) is 22.8. The lowest BCUT2D eigenvalue weighted by molar-refractivity contribution is -0.134. The number of nitrogens with zero attached hydrogens (tertiary/aromatic N) is 2. The number of carboxylic acids is 3. The Labute approximate surface area is 727 Å². The molecular weight excluding hydrogens is 2310 g/mol. The van der Waals surface area contributed by atoms with Gasteiger partial charge in [-0.05, 0) is 224 Å². The SMILES string of the molecule is BrP(Br)Br.C.CC(=O)O.CCCCCCN.CCCCCCNC(=O)c1c(Br)c(Br)c(C(=O)O)c2c(C(=O)NCCCCCC)c(Br)c(Br)c(C(=O)O)c12.O=C1OC(=O)c2c(Br)c(Br)c3c4c(c(Br)c(Br)c1c24)C(=O)OC3=O.O=C1OC(=O)c2ccc3c4c(ccc1c24)C(=O)OC3=O.O=c1[nH]c(=O)n(Br)c(=O)n1Br. The maximum Gasteiger partial charge on any atom is 0.357 e. The zero-order chi connectivity index (χ0) is 81.4. The van der Waals surface area contributed by atoms with Crippen LogP contribution in [0.5, 0.6) is 0 Å². The van der Waals surface area contributed by atoms with Gasteiger partial charge in [-0.2, -0.15) is 7.19 Å². The van der Waals surface area contributed by atoms with Gasteiger partial charge in [0.1, 0.15) is 4.03 Å². The number of hydrogen-bond donors (Lipinski definition) is 7. The summed E-state index contributed by atoms with van der Waals surface area (Å²) in [6.45, 7) is 9.01.